The van der Waals surface area contributed by atoms with Crippen LogP contribution in [0.25, 0.3) is 0 Å². The number of benzene rings is 1. The minimum atomic E-state index is 0.592. The first-order valence-electron chi connectivity index (χ1n) is 5.84. The molecule has 2 N–H and O–H groups in total. The summed E-state index contributed by atoms with van der Waals surface area (Å²) >= 11 is 0. The molecule has 0 aliphatic carbocycles. The van der Waals surface area contributed by atoms with Crippen molar-refractivity contribution in [2.45, 2.75) is 18.8 Å². The van der Waals surface area contributed by atoms with Crippen LogP contribution in [0.5, 0.6) is 5.75 Å². The maximum absolute atomic E-state index is 5.83. The molecule has 0 aromatic heterocycles. The first-order chi connectivity index (χ1) is 7.66. The summed E-state index contributed by atoms with van der Waals surface area (Å²) in [5, 5.41) is 0. The van der Waals surface area contributed by atoms with E-state index in [4.69, 9.17) is 10.5 Å². The Morgan fingerprint density at radius 1 is 1.44 bits per heavy atom. The van der Waals surface area contributed by atoms with Gasteiger partial charge in [0, 0.05) is 5.69 Å². The summed E-state index contributed by atoms with van der Waals surface area (Å²) in [6, 6.07) is 5.97. The summed E-state index contributed by atoms with van der Waals surface area (Å²) in [6.45, 7) is 1.94. The van der Waals surface area contributed by atoms with Crippen molar-refractivity contribution < 1.29 is 4.74 Å². The summed E-state index contributed by atoms with van der Waals surface area (Å²) in [5.41, 5.74) is 7.95. The number of nitrogens with zero attached hydrogens (tertiary/aromatic N) is 1. The second-order valence-corrected chi connectivity index (χ2v) is 4.72. The molecule has 0 saturated carbocycles. The normalized spacial score (nSPS) is 19.3. The Kier molecular flexibility index (Phi) is 3.34. The van der Waals surface area contributed by atoms with Crippen LogP contribution in [0.1, 0.15) is 24.3 Å². The lowest BCUT2D eigenvalue weighted by Crippen LogP contribution is -2.20. The number of nitrogens with two attached hydrogens (primary N) is 1. The van der Waals surface area contributed by atoms with Crippen LogP contribution in [0.4, 0.5) is 5.69 Å². The molecule has 0 amide bonds. The van der Waals surface area contributed by atoms with Gasteiger partial charge in [0.15, 0.2) is 0 Å². The highest BCUT2D eigenvalue weighted by molar-refractivity contribution is 5.50. The van der Waals surface area contributed by atoms with Gasteiger partial charge in [-0.15, -0.1) is 0 Å². The number of anilines is 1. The second kappa shape index (κ2) is 4.74. The predicted molar refractivity (Wildman–Crippen MR) is 66.9 cm³/mol. The Morgan fingerprint density at radius 3 is 3.00 bits per heavy atom. The van der Waals surface area contributed by atoms with Crippen LogP contribution < -0.4 is 10.5 Å². The minimum Gasteiger partial charge on any atom is -0.493 e. The summed E-state index contributed by atoms with van der Waals surface area (Å²) in [4.78, 5) is 2.22. The van der Waals surface area contributed by atoms with Crippen molar-refractivity contribution in [2.75, 3.05) is 33.0 Å². The zero-order valence-electron chi connectivity index (χ0n) is 10.1. The van der Waals surface area contributed by atoms with Crippen molar-refractivity contribution in [2.24, 2.45) is 0 Å². The Bertz CT molecular complexity index is 363. The SMILES string of the molecule is CN(C)CCC1CCOc2ccc(N)cc21. The molecule has 1 aliphatic heterocycles. The van der Waals surface area contributed by atoms with Crippen molar-refractivity contribution in [3.8, 4) is 5.75 Å². The molecular weight excluding hydrogens is 200 g/mol. The lowest BCUT2D eigenvalue weighted by molar-refractivity contribution is 0.254. The first-order valence-corrected chi connectivity index (χ1v) is 5.84. The number of fused-ring (bicyclic) bond motifs is 1. The molecule has 0 bridgehead atoms. The molecule has 2 rings (SSSR count). The molecule has 1 aliphatic rings. The van der Waals surface area contributed by atoms with Crippen molar-refractivity contribution in [3.63, 3.8) is 0 Å². The number of hydrogen-bond donors (Lipinski definition) is 1. The molecule has 3 heteroatoms. The maximum atomic E-state index is 5.83. The predicted octanol–water partition coefficient (Wildman–Crippen LogP) is 2.09. The molecule has 1 aromatic rings. The van der Waals surface area contributed by atoms with E-state index in [9.17, 15) is 0 Å². The average molecular weight is 220 g/mol. The van der Waals surface area contributed by atoms with Gasteiger partial charge >= 0.3 is 0 Å². The third kappa shape index (κ3) is 2.47. The molecule has 3 nitrogen and oxygen atoms in total. The summed E-state index contributed by atoms with van der Waals surface area (Å²) in [5.74, 6) is 1.61. The fourth-order valence-electron chi connectivity index (χ4n) is 2.20. The van der Waals surface area contributed by atoms with E-state index in [1.54, 1.807) is 0 Å². The van der Waals surface area contributed by atoms with Gasteiger partial charge in [-0.25, -0.2) is 0 Å². The molecule has 88 valence electrons. The standard InChI is InChI=1S/C13H20N2O/c1-15(2)7-5-10-6-8-16-13-4-3-11(14)9-12(10)13/h3-4,9-10H,5-8,14H2,1-2H3. The molecule has 0 spiro atoms. The monoisotopic (exact) mass is 220 g/mol. The fraction of sp³-hybridized carbons (Fsp3) is 0.538. The van der Waals surface area contributed by atoms with E-state index in [0.29, 0.717) is 5.92 Å². The second-order valence-electron chi connectivity index (χ2n) is 4.72. The topological polar surface area (TPSA) is 38.5 Å². The van der Waals surface area contributed by atoms with E-state index >= 15 is 0 Å². The van der Waals surface area contributed by atoms with Gasteiger partial charge in [-0.05, 0) is 63.2 Å². The Balaban J connectivity index is 2.15. The minimum absolute atomic E-state index is 0.592. The van der Waals surface area contributed by atoms with Gasteiger partial charge in [0.05, 0.1) is 6.61 Å². The summed E-state index contributed by atoms with van der Waals surface area (Å²) < 4.78 is 5.65. The molecule has 1 heterocycles. The van der Waals surface area contributed by atoms with Crippen LogP contribution in [-0.2, 0) is 0 Å². The molecule has 1 atom stereocenters. The van der Waals surface area contributed by atoms with Gasteiger partial charge < -0.3 is 15.4 Å². The van der Waals surface area contributed by atoms with Crippen LogP contribution in [-0.4, -0.2) is 32.1 Å². The fourth-order valence-corrected chi connectivity index (χ4v) is 2.20. The molecular formula is C13H20N2O. The number of hydrogen-bond acceptors (Lipinski definition) is 3. The molecule has 1 aromatic carbocycles. The smallest absolute Gasteiger partial charge is 0.122 e. The molecule has 1 unspecified atom stereocenters. The van der Waals surface area contributed by atoms with Gasteiger partial charge in [0.1, 0.15) is 5.75 Å². The summed E-state index contributed by atoms with van der Waals surface area (Å²) in [6.07, 6.45) is 2.27. The lowest BCUT2D eigenvalue weighted by atomic mass is 9.90. The highest BCUT2D eigenvalue weighted by Crippen LogP contribution is 2.36. The van der Waals surface area contributed by atoms with Gasteiger partial charge in [0.2, 0.25) is 0 Å². The van der Waals surface area contributed by atoms with Crippen LogP contribution in [0, 0.1) is 0 Å². The van der Waals surface area contributed by atoms with Crippen molar-refractivity contribution in [1.29, 1.82) is 0 Å². The van der Waals surface area contributed by atoms with E-state index in [1.807, 2.05) is 12.1 Å². The van der Waals surface area contributed by atoms with Crippen molar-refractivity contribution in [3.05, 3.63) is 23.8 Å². The van der Waals surface area contributed by atoms with Crippen LogP contribution in [0.2, 0.25) is 0 Å². The lowest BCUT2D eigenvalue weighted by Gasteiger charge is -2.27. The number of nitrogen functional groups attached to an aromatic ring is 1. The number of ether oxygens (including phenoxy) is 1. The van der Waals surface area contributed by atoms with E-state index in [2.05, 4.69) is 25.1 Å². The van der Waals surface area contributed by atoms with E-state index in [0.717, 1.165) is 31.0 Å². The average Bonchev–Trinajstić information content (AvgIpc) is 2.26. The summed E-state index contributed by atoms with van der Waals surface area (Å²) in [7, 11) is 4.22. The third-order valence-corrected chi connectivity index (χ3v) is 3.12. The highest BCUT2D eigenvalue weighted by Gasteiger charge is 2.21. The first kappa shape index (κ1) is 11.3. The maximum Gasteiger partial charge on any atom is 0.122 e. The Morgan fingerprint density at radius 2 is 2.25 bits per heavy atom. The Labute approximate surface area is 97.2 Å². The molecule has 0 fully saturated rings. The highest BCUT2D eigenvalue weighted by atomic mass is 16.5. The van der Waals surface area contributed by atoms with E-state index in [-0.39, 0.29) is 0 Å². The van der Waals surface area contributed by atoms with Gasteiger partial charge in [-0.3, -0.25) is 0 Å². The molecule has 0 radical (unpaired) electrons. The number of rotatable bonds is 3. The van der Waals surface area contributed by atoms with Crippen molar-refractivity contribution in [1.82, 2.24) is 4.90 Å². The molecule has 0 saturated heterocycles. The van der Waals surface area contributed by atoms with E-state index < -0.39 is 0 Å². The van der Waals surface area contributed by atoms with Crippen LogP contribution in [0.3, 0.4) is 0 Å². The van der Waals surface area contributed by atoms with Crippen LogP contribution in [0.15, 0.2) is 18.2 Å². The molecule has 16 heavy (non-hydrogen) atoms. The van der Waals surface area contributed by atoms with Crippen LogP contribution >= 0.6 is 0 Å². The van der Waals surface area contributed by atoms with Gasteiger partial charge in [-0.1, -0.05) is 0 Å². The third-order valence-electron chi connectivity index (χ3n) is 3.12. The van der Waals surface area contributed by atoms with Crippen molar-refractivity contribution >= 4 is 5.69 Å². The quantitative estimate of drug-likeness (QED) is 0.793. The van der Waals surface area contributed by atoms with E-state index in [1.165, 1.54) is 12.0 Å². The van der Waals surface area contributed by atoms with Gasteiger partial charge in [-0.2, -0.15) is 0 Å². The van der Waals surface area contributed by atoms with Gasteiger partial charge in [0.25, 0.3) is 0 Å². The zero-order chi connectivity index (χ0) is 11.5. The zero-order valence-corrected chi connectivity index (χ0v) is 10.1. The largest absolute Gasteiger partial charge is 0.493 e. The Hall–Kier alpha value is -1.22.